The lowest BCUT2D eigenvalue weighted by Gasteiger charge is -2.20. The summed E-state index contributed by atoms with van der Waals surface area (Å²) in [6.07, 6.45) is 0.761. The first kappa shape index (κ1) is 20.1. The van der Waals surface area contributed by atoms with Crippen LogP contribution >= 0.6 is 11.8 Å². The number of aromatic nitrogens is 2. The van der Waals surface area contributed by atoms with Gasteiger partial charge < -0.3 is 5.32 Å². The number of nitrogens with one attached hydrogen (secondary N) is 1. The number of benzene rings is 2. The maximum Gasteiger partial charge on any atom is 0.262 e. The number of thioether (sulfide) groups is 1. The Balaban J connectivity index is 1.91. The molecular weight excluding hydrogens is 377 g/mol. The van der Waals surface area contributed by atoms with Gasteiger partial charge in [-0.25, -0.2) is 9.37 Å². The molecule has 2 atom stereocenters. The number of fused-ring (bicyclic) bond motifs is 1. The van der Waals surface area contributed by atoms with Gasteiger partial charge in [0.25, 0.3) is 5.56 Å². The Morgan fingerprint density at radius 1 is 1.21 bits per heavy atom. The molecular formula is C21H22FN3O2S. The summed E-state index contributed by atoms with van der Waals surface area (Å²) in [6, 6.07) is 12.9. The Bertz CT molecular complexity index is 1070. The fourth-order valence-corrected chi connectivity index (χ4v) is 3.81. The third-order valence-corrected chi connectivity index (χ3v) is 5.62. The molecule has 0 fully saturated rings. The molecule has 0 radical (unpaired) electrons. The average molecular weight is 399 g/mol. The number of carbonyl (C=O) groups excluding carboxylic acids is 1. The minimum atomic E-state index is -0.522. The number of carbonyl (C=O) groups is 1. The highest BCUT2D eigenvalue weighted by atomic mass is 32.2. The highest BCUT2D eigenvalue weighted by Crippen LogP contribution is 2.26. The summed E-state index contributed by atoms with van der Waals surface area (Å²) in [7, 11) is 0. The molecule has 1 amide bonds. The number of para-hydroxylation sites is 1. The van der Waals surface area contributed by atoms with Gasteiger partial charge in [-0.1, -0.05) is 36.9 Å². The Labute approximate surface area is 167 Å². The van der Waals surface area contributed by atoms with Crippen molar-refractivity contribution in [2.24, 2.45) is 0 Å². The Morgan fingerprint density at radius 3 is 2.68 bits per heavy atom. The fraction of sp³-hybridized carbons (Fsp3) is 0.286. The first-order valence-corrected chi connectivity index (χ1v) is 10.0. The van der Waals surface area contributed by atoms with Gasteiger partial charge in [-0.2, -0.15) is 0 Å². The van der Waals surface area contributed by atoms with Crippen LogP contribution < -0.4 is 10.9 Å². The van der Waals surface area contributed by atoms with Gasteiger partial charge in [0.1, 0.15) is 5.82 Å². The molecule has 0 saturated carbocycles. The summed E-state index contributed by atoms with van der Waals surface area (Å²) in [5.41, 5.74) is 0.885. The molecule has 1 aromatic heterocycles. The van der Waals surface area contributed by atoms with Crippen molar-refractivity contribution < 1.29 is 9.18 Å². The topological polar surface area (TPSA) is 64.0 Å². The van der Waals surface area contributed by atoms with Crippen molar-refractivity contribution in [2.45, 2.75) is 43.6 Å². The summed E-state index contributed by atoms with van der Waals surface area (Å²) >= 11 is 1.22. The van der Waals surface area contributed by atoms with Crippen LogP contribution in [-0.4, -0.2) is 20.7 Å². The monoisotopic (exact) mass is 399 g/mol. The van der Waals surface area contributed by atoms with E-state index in [-0.39, 0.29) is 17.5 Å². The number of rotatable bonds is 6. The highest BCUT2D eigenvalue weighted by Gasteiger charge is 2.21. The predicted octanol–water partition coefficient (Wildman–Crippen LogP) is 4.63. The second-order valence-corrected chi connectivity index (χ2v) is 7.91. The molecule has 2 aromatic carbocycles. The third-order valence-electron chi connectivity index (χ3n) is 4.55. The molecule has 3 aromatic rings. The van der Waals surface area contributed by atoms with Crippen LogP contribution in [0.15, 0.2) is 58.5 Å². The maximum absolute atomic E-state index is 13.3. The lowest BCUT2D eigenvalue weighted by molar-refractivity contribution is -0.115. The summed E-state index contributed by atoms with van der Waals surface area (Å²) in [5, 5.41) is 3.24. The fourth-order valence-electron chi connectivity index (χ4n) is 2.80. The van der Waals surface area contributed by atoms with Gasteiger partial charge in [0.05, 0.1) is 16.2 Å². The van der Waals surface area contributed by atoms with Crippen LogP contribution in [-0.2, 0) is 4.79 Å². The van der Waals surface area contributed by atoms with E-state index in [1.165, 1.54) is 30.0 Å². The van der Waals surface area contributed by atoms with E-state index in [4.69, 9.17) is 0 Å². The lowest BCUT2D eigenvalue weighted by Crippen LogP contribution is -2.28. The molecule has 1 N–H and O–H groups in total. The SMILES string of the molecule is CC[C@@H](C)n1c(S[C@@H](C)C(=O)Nc2cccc(F)c2)nc2ccccc2c1=O. The molecule has 3 rings (SSSR count). The molecule has 0 aliphatic heterocycles. The van der Waals surface area contributed by atoms with E-state index in [1.54, 1.807) is 29.7 Å². The number of amides is 1. The Hall–Kier alpha value is -2.67. The molecule has 1 heterocycles. The highest BCUT2D eigenvalue weighted by molar-refractivity contribution is 8.00. The number of halogens is 1. The van der Waals surface area contributed by atoms with E-state index in [1.807, 2.05) is 26.0 Å². The smallest absolute Gasteiger partial charge is 0.262 e. The summed E-state index contributed by atoms with van der Waals surface area (Å²) in [4.78, 5) is 30.2. The average Bonchev–Trinajstić information content (AvgIpc) is 2.67. The quantitative estimate of drug-likeness (QED) is 0.485. The summed E-state index contributed by atoms with van der Waals surface area (Å²) < 4.78 is 15.0. The summed E-state index contributed by atoms with van der Waals surface area (Å²) in [6.45, 7) is 5.70. The van der Waals surface area contributed by atoms with Crippen LogP contribution in [0.3, 0.4) is 0 Å². The number of hydrogen-bond donors (Lipinski definition) is 1. The Kier molecular flexibility index (Phi) is 6.14. The minimum absolute atomic E-state index is 0.0504. The zero-order valence-corrected chi connectivity index (χ0v) is 16.8. The van der Waals surface area contributed by atoms with E-state index in [0.717, 1.165) is 6.42 Å². The van der Waals surface area contributed by atoms with Crippen molar-refractivity contribution in [3.8, 4) is 0 Å². The first-order valence-electron chi connectivity index (χ1n) is 9.15. The van der Waals surface area contributed by atoms with Gasteiger partial charge in [0, 0.05) is 11.7 Å². The summed E-state index contributed by atoms with van der Waals surface area (Å²) in [5.74, 6) is -0.700. The van der Waals surface area contributed by atoms with E-state index < -0.39 is 11.1 Å². The normalized spacial score (nSPS) is 13.3. The van der Waals surface area contributed by atoms with Crippen LogP contribution in [0, 0.1) is 5.82 Å². The van der Waals surface area contributed by atoms with E-state index in [9.17, 15) is 14.0 Å². The predicted molar refractivity (Wildman–Crippen MR) is 111 cm³/mol. The van der Waals surface area contributed by atoms with Gasteiger partial charge in [-0.3, -0.25) is 14.2 Å². The molecule has 0 aliphatic carbocycles. The molecule has 7 heteroatoms. The molecule has 5 nitrogen and oxygen atoms in total. The van der Waals surface area contributed by atoms with Gasteiger partial charge in [0.2, 0.25) is 5.91 Å². The minimum Gasteiger partial charge on any atom is -0.325 e. The molecule has 0 bridgehead atoms. The number of anilines is 1. The maximum atomic E-state index is 13.3. The van der Waals surface area contributed by atoms with Crippen molar-refractivity contribution in [1.82, 2.24) is 9.55 Å². The third kappa shape index (κ3) is 4.25. The zero-order chi connectivity index (χ0) is 20.3. The van der Waals surface area contributed by atoms with Crippen LogP contribution in [0.1, 0.15) is 33.2 Å². The second kappa shape index (κ2) is 8.56. The molecule has 146 valence electrons. The van der Waals surface area contributed by atoms with E-state index >= 15 is 0 Å². The van der Waals surface area contributed by atoms with Gasteiger partial charge in [-0.05, 0) is 50.6 Å². The van der Waals surface area contributed by atoms with Crippen LogP contribution in [0.4, 0.5) is 10.1 Å². The van der Waals surface area contributed by atoms with Crippen molar-refractivity contribution >= 4 is 34.3 Å². The molecule has 0 saturated heterocycles. The molecule has 28 heavy (non-hydrogen) atoms. The van der Waals surface area contributed by atoms with Crippen molar-refractivity contribution in [3.05, 3.63) is 64.7 Å². The van der Waals surface area contributed by atoms with Gasteiger partial charge in [0.15, 0.2) is 5.16 Å². The lowest BCUT2D eigenvalue weighted by atomic mass is 10.2. The van der Waals surface area contributed by atoms with Crippen molar-refractivity contribution in [1.29, 1.82) is 0 Å². The standard InChI is InChI=1S/C21H22FN3O2S/c1-4-13(2)25-20(27)17-10-5-6-11-18(17)24-21(25)28-14(3)19(26)23-16-9-7-8-15(22)12-16/h5-14H,4H2,1-3H3,(H,23,26)/t13-,14+/m1/s1. The van der Waals surface area contributed by atoms with Crippen LogP contribution in [0.2, 0.25) is 0 Å². The Morgan fingerprint density at radius 2 is 1.96 bits per heavy atom. The van der Waals surface area contributed by atoms with Crippen LogP contribution in [0.5, 0.6) is 0 Å². The number of hydrogen-bond acceptors (Lipinski definition) is 4. The van der Waals surface area contributed by atoms with E-state index in [0.29, 0.717) is 21.7 Å². The molecule has 0 aliphatic rings. The second-order valence-electron chi connectivity index (χ2n) is 6.60. The largest absolute Gasteiger partial charge is 0.325 e. The zero-order valence-electron chi connectivity index (χ0n) is 16.0. The van der Waals surface area contributed by atoms with Crippen molar-refractivity contribution in [2.75, 3.05) is 5.32 Å². The molecule has 0 spiro atoms. The van der Waals surface area contributed by atoms with Gasteiger partial charge in [-0.15, -0.1) is 0 Å². The van der Waals surface area contributed by atoms with Crippen LogP contribution in [0.25, 0.3) is 10.9 Å². The number of nitrogens with zero attached hydrogens (tertiary/aromatic N) is 2. The van der Waals surface area contributed by atoms with Gasteiger partial charge >= 0.3 is 0 Å². The van der Waals surface area contributed by atoms with Crippen molar-refractivity contribution in [3.63, 3.8) is 0 Å². The first-order chi connectivity index (χ1) is 13.4. The van der Waals surface area contributed by atoms with E-state index in [2.05, 4.69) is 10.3 Å². The molecule has 0 unspecified atom stereocenters.